The van der Waals surface area contributed by atoms with Gasteiger partial charge in [-0.05, 0) is 66.4 Å². The summed E-state index contributed by atoms with van der Waals surface area (Å²) in [5.41, 5.74) is 1.46. The minimum absolute atomic E-state index is 0.00994. The number of halogens is 1. The Labute approximate surface area is 199 Å². The molecule has 0 fully saturated rings. The Hall–Kier alpha value is -3.41. The number of anilines is 2. The van der Waals surface area contributed by atoms with Gasteiger partial charge in [0.1, 0.15) is 5.02 Å². The smallest absolute Gasteiger partial charge is 0.288 e. The standard InChI is InChI=1S/C20H18ClN5O4S2/c1-2-17(27)24-19(31)22-13-5-7-14(8-6-13)23-20(32)25-18(28)10-4-12-3-9-15(21)16(11-12)26(29)30/h3-11H,2H2,1H3,(H2,22,24,27,31)(H2,23,25,28,32). The predicted molar refractivity (Wildman–Crippen MR) is 133 cm³/mol. The van der Waals surface area contributed by atoms with Gasteiger partial charge in [0, 0.05) is 29.9 Å². The monoisotopic (exact) mass is 491 g/mol. The summed E-state index contributed by atoms with van der Waals surface area (Å²) < 4.78 is 0. The lowest BCUT2D eigenvalue weighted by atomic mass is 10.2. The van der Waals surface area contributed by atoms with Crippen molar-refractivity contribution in [3.8, 4) is 0 Å². The van der Waals surface area contributed by atoms with Crippen LogP contribution >= 0.6 is 36.0 Å². The Balaban J connectivity index is 1.88. The molecule has 0 saturated heterocycles. The van der Waals surface area contributed by atoms with Gasteiger partial charge in [-0.1, -0.05) is 24.6 Å². The van der Waals surface area contributed by atoms with Gasteiger partial charge in [-0.2, -0.15) is 0 Å². The van der Waals surface area contributed by atoms with E-state index >= 15 is 0 Å². The largest absolute Gasteiger partial charge is 0.332 e. The lowest BCUT2D eigenvalue weighted by Crippen LogP contribution is -2.33. The molecule has 0 saturated carbocycles. The Bertz CT molecular complexity index is 1090. The van der Waals surface area contributed by atoms with E-state index in [9.17, 15) is 19.7 Å². The van der Waals surface area contributed by atoms with E-state index in [2.05, 4.69) is 21.3 Å². The maximum atomic E-state index is 12.0. The number of hydrogen-bond acceptors (Lipinski definition) is 6. The molecular weight excluding hydrogens is 474 g/mol. The molecule has 2 aromatic carbocycles. The lowest BCUT2D eigenvalue weighted by molar-refractivity contribution is -0.384. The number of thiocarbonyl (C=S) groups is 2. The van der Waals surface area contributed by atoms with Gasteiger partial charge in [0.05, 0.1) is 4.92 Å². The van der Waals surface area contributed by atoms with Gasteiger partial charge in [0.2, 0.25) is 11.8 Å². The molecule has 0 aromatic heterocycles. The molecule has 0 spiro atoms. The topological polar surface area (TPSA) is 125 Å². The number of rotatable bonds is 6. The van der Waals surface area contributed by atoms with Crippen LogP contribution in [0.2, 0.25) is 5.02 Å². The van der Waals surface area contributed by atoms with Crippen LogP contribution < -0.4 is 21.3 Å². The number of carbonyl (C=O) groups excluding carboxylic acids is 2. The van der Waals surface area contributed by atoms with E-state index in [1.165, 1.54) is 24.3 Å². The van der Waals surface area contributed by atoms with Crippen LogP contribution in [0.25, 0.3) is 6.08 Å². The first kappa shape index (κ1) is 24.9. The molecule has 0 atom stereocenters. The molecule has 2 amide bonds. The van der Waals surface area contributed by atoms with Crippen LogP contribution in [0.15, 0.2) is 48.5 Å². The summed E-state index contributed by atoms with van der Waals surface area (Å²) in [5.74, 6) is -0.708. The summed E-state index contributed by atoms with van der Waals surface area (Å²) in [6.07, 6.45) is 2.92. The van der Waals surface area contributed by atoms with Crippen molar-refractivity contribution in [1.82, 2.24) is 10.6 Å². The van der Waals surface area contributed by atoms with E-state index in [0.717, 1.165) is 0 Å². The number of nitrogens with zero attached hydrogens (tertiary/aromatic N) is 1. The van der Waals surface area contributed by atoms with Gasteiger partial charge in [-0.25, -0.2) is 0 Å². The average Bonchev–Trinajstić information content (AvgIpc) is 2.74. The third-order valence-electron chi connectivity index (χ3n) is 3.81. The number of nitro benzene ring substituents is 1. The van der Waals surface area contributed by atoms with Crippen molar-refractivity contribution in [3.63, 3.8) is 0 Å². The zero-order valence-electron chi connectivity index (χ0n) is 16.7. The summed E-state index contributed by atoms with van der Waals surface area (Å²) in [6, 6.07) is 11.0. The van der Waals surface area contributed by atoms with E-state index in [0.29, 0.717) is 23.4 Å². The molecule has 2 rings (SSSR count). The first-order valence-corrected chi connectivity index (χ1v) is 10.3. The van der Waals surface area contributed by atoms with Crippen LogP contribution in [0, 0.1) is 10.1 Å². The highest BCUT2D eigenvalue weighted by atomic mass is 35.5. The van der Waals surface area contributed by atoms with Gasteiger partial charge in [0.15, 0.2) is 10.2 Å². The Morgan fingerprint density at radius 1 is 1.03 bits per heavy atom. The highest BCUT2D eigenvalue weighted by Gasteiger charge is 2.12. The first-order chi connectivity index (χ1) is 15.2. The molecule has 166 valence electrons. The molecule has 0 aliphatic carbocycles. The molecule has 4 N–H and O–H groups in total. The van der Waals surface area contributed by atoms with Gasteiger partial charge in [-0.15, -0.1) is 0 Å². The number of benzene rings is 2. The second kappa shape index (κ2) is 11.8. The summed E-state index contributed by atoms with van der Waals surface area (Å²) >= 11 is 15.9. The Morgan fingerprint density at radius 2 is 1.59 bits per heavy atom. The summed E-state index contributed by atoms with van der Waals surface area (Å²) in [7, 11) is 0. The van der Waals surface area contributed by atoms with Gasteiger partial charge in [-0.3, -0.25) is 25.0 Å². The zero-order valence-corrected chi connectivity index (χ0v) is 19.1. The van der Waals surface area contributed by atoms with E-state index in [1.807, 2.05) is 0 Å². The SMILES string of the molecule is CCC(=O)NC(=S)Nc1ccc(NC(=S)NC(=O)C=Cc2ccc(Cl)c([N+](=O)[O-])c2)cc1. The van der Waals surface area contributed by atoms with Crippen molar-refractivity contribution < 1.29 is 14.5 Å². The molecule has 0 unspecified atom stereocenters. The highest BCUT2D eigenvalue weighted by Crippen LogP contribution is 2.25. The van der Waals surface area contributed by atoms with Gasteiger partial charge < -0.3 is 16.0 Å². The van der Waals surface area contributed by atoms with Crippen molar-refractivity contribution in [2.75, 3.05) is 10.6 Å². The Morgan fingerprint density at radius 3 is 2.12 bits per heavy atom. The molecule has 0 bridgehead atoms. The highest BCUT2D eigenvalue weighted by molar-refractivity contribution is 7.80. The number of hydrogen-bond donors (Lipinski definition) is 4. The molecular formula is C20H18ClN5O4S2. The summed E-state index contributed by atoms with van der Waals surface area (Å²) in [4.78, 5) is 33.7. The second-order valence-electron chi connectivity index (χ2n) is 6.18. The van der Waals surface area contributed by atoms with E-state index in [4.69, 9.17) is 36.0 Å². The van der Waals surface area contributed by atoms with E-state index < -0.39 is 10.8 Å². The zero-order chi connectivity index (χ0) is 23.7. The molecule has 0 aliphatic heterocycles. The van der Waals surface area contributed by atoms with Crippen molar-refractivity contribution in [3.05, 3.63) is 69.2 Å². The number of nitrogens with one attached hydrogen (secondary N) is 4. The normalized spacial score (nSPS) is 10.3. The molecule has 0 aliphatic rings. The number of carbonyl (C=O) groups is 2. The fourth-order valence-corrected chi connectivity index (χ4v) is 2.91. The lowest BCUT2D eigenvalue weighted by Gasteiger charge is -2.11. The second-order valence-corrected chi connectivity index (χ2v) is 7.40. The van der Waals surface area contributed by atoms with E-state index in [1.54, 1.807) is 37.3 Å². The van der Waals surface area contributed by atoms with Crippen molar-refractivity contribution >= 4 is 81.2 Å². The third kappa shape index (κ3) is 8.02. The molecule has 9 nitrogen and oxygen atoms in total. The van der Waals surface area contributed by atoms with Crippen molar-refractivity contribution in [1.29, 1.82) is 0 Å². The number of nitro groups is 1. The summed E-state index contributed by atoms with van der Waals surface area (Å²) in [6.45, 7) is 1.72. The number of amides is 2. The molecule has 0 radical (unpaired) electrons. The Kier molecular flexibility index (Phi) is 9.20. The van der Waals surface area contributed by atoms with Crippen LogP contribution in [0.1, 0.15) is 18.9 Å². The van der Waals surface area contributed by atoms with Crippen LogP contribution in [-0.4, -0.2) is 27.0 Å². The third-order valence-corrected chi connectivity index (χ3v) is 4.53. The van der Waals surface area contributed by atoms with Crippen LogP contribution in [0.3, 0.4) is 0 Å². The van der Waals surface area contributed by atoms with Crippen LogP contribution in [0.5, 0.6) is 0 Å². The average molecular weight is 492 g/mol. The molecule has 0 heterocycles. The molecule has 32 heavy (non-hydrogen) atoms. The minimum Gasteiger partial charge on any atom is -0.332 e. The van der Waals surface area contributed by atoms with E-state index in [-0.39, 0.29) is 26.8 Å². The maximum Gasteiger partial charge on any atom is 0.288 e. The van der Waals surface area contributed by atoms with Crippen molar-refractivity contribution in [2.45, 2.75) is 13.3 Å². The van der Waals surface area contributed by atoms with Gasteiger partial charge in [0.25, 0.3) is 5.69 Å². The molecule has 12 heteroatoms. The predicted octanol–water partition coefficient (Wildman–Crippen LogP) is 4.00. The maximum absolute atomic E-state index is 12.0. The minimum atomic E-state index is -0.603. The van der Waals surface area contributed by atoms with Crippen LogP contribution in [0.4, 0.5) is 17.1 Å². The van der Waals surface area contributed by atoms with Gasteiger partial charge >= 0.3 is 0 Å². The summed E-state index contributed by atoms with van der Waals surface area (Å²) in [5, 5.41) is 21.9. The fourth-order valence-electron chi connectivity index (χ4n) is 2.28. The first-order valence-electron chi connectivity index (χ1n) is 9.12. The van der Waals surface area contributed by atoms with Crippen molar-refractivity contribution in [2.24, 2.45) is 0 Å². The van der Waals surface area contributed by atoms with Crippen LogP contribution in [-0.2, 0) is 9.59 Å². The quantitative estimate of drug-likeness (QED) is 0.207. The fraction of sp³-hybridized carbons (Fsp3) is 0.100. The molecule has 2 aromatic rings.